The van der Waals surface area contributed by atoms with E-state index in [9.17, 15) is 9.90 Å². The van der Waals surface area contributed by atoms with Gasteiger partial charge in [-0.05, 0) is 76.1 Å². The van der Waals surface area contributed by atoms with Crippen LogP contribution in [0.5, 0.6) is 17.4 Å². The van der Waals surface area contributed by atoms with Crippen LogP contribution in [0.15, 0.2) is 67.3 Å². The fourth-order valence-electron chi connectivity index (χ4n) is 4.41. The molecule has 0 spiro atoms. The number of piperidine rings is 1. The molecule has 0 saturated carbocycles. The van der Waals surface area contributed by atoms with Crippen LogP contribution < -0.4 is 24.4 Å². The topological polar surface area (TPSA) is 145 Å². The van der Waals surface area contributed by atoms with Crippen LogP contribution >= 0.6 is 0 Å². The number of pyridine rings is 1. The first kappa shape index (κ1) is 28.5. The van der Waals surface area contributed by atoms with Crippen molar-refractivity contribution in [3.8, 4) is 28.8 Å². The summed E-state index contributed by atoms with van der Waals surface area (Å²) in [5.41, 5.74) is -0.593. The second kappa shape index (κ2) is 12.7. The minimum absolute atomic E-state index is 0.0670. The molecule has 12 nitrogen and oxygen atoms in total. The third-order valence-electron chi connectivity index (χ3n) is 6.55. The number of nitrogens with zero attached hydrogens (tertiary/aromatic N) is 6. The van der Waals surface area contributed by atoms with Crippen molar-refractivity contribution in [3.05, 3.63) is 67.3 Å². The van der Waals surface area contributed by atoms with Gasteiger partial charge in [0.25, 0.3) is 5.88 Å². The predicted molar refractivity (Wildman–Crippen MR) is 156 cm³/mol. The van der Waals surface area contributed by atoms with Crippen LogP contribution in [0, 0.1) is 0 Å². The second-order valence-electron chi connectivity index (χ2n) is 10.2. The van der Waals surface area contributed by atoms with Gasteiger partial charge in [-0.15, -0.1) is 0 Å². The number of anilines is 3. The van der Waals surface area contributed by atoms with E-state index in [0.717, 1.165) is 30.8 Å². The average molecular weight is 572 g/mol. The Hall–Kier alpha value is -5.00. The van der Waals surface area contributed by atoms with Gasteiger partial charge in [0.15, 0.2) is 23.0 Å². The summed E-state index contributed by atoms with van der Waals surface area (Å²) in [6.45, 7) is 6.94. The number of benzene rings is 1. The molecule has 5 rings (SSSR count). The van der Waals surface area contributed by atoms with E-state index in [4.69, 9.17) is 19.2 Å². The van der Waals surface area contributed by atoms with Gasteiger partial charge in [0, 0.05) is 24.5 Å². The summed E-state index contributed by atoms with van der Waals surface area (Å²) in [6.07, 6.45) is 8.50. The van der Waals surface area contributed by atoms with E-state index in [1.807, 2.05) is 19.1 Å². The Kier molecular flexibility index (Phi) is 8.60. The van der Waals surface area contributed by atoms with Crippen LogP contribution in [-0.2, 0) is 4.79 Å². The molecule has 0 amide bonds. The summed E-state index contributed by atoms with van der Waals surface area (Å²) < 4.78 is 17.5. The number of carboxylic acids is 1. The van der Waals surface area contributed by atoms with Crippen molar-refractivity contribution < 1.29 is 24.1 Å². The summed E-state index contributed by atoms with van der Waals surface area (Å²) in [7, 11) is 0. The lowest BCUT2D eigenvalue weighted by Gasteiger charge is -2.33. The summed E-state index contributed by atoms with van der Waals surface area (Å²) in [5.74, 6) is 2.85. The molecule has 4 heterocycles. The number of carbonyl (C=O) groups is 1. The molecule has 1 fully saturated rings. The lowest BCUT2D eigenvalue weighted by Crippen LogP contribution is -2.41. The van der Waals surface area contributed by atoms with Crippen LogP contribution in [0.1, 0.15) is 33.6 Å². The number of hydrogen-bond donors (Lipinski definition) is 2. The molecule has 1 aromatic carbocycles. The molecule has 4 aromatic rings. The average Bonchev–Trinajstić information content (AvgIpc) is 2.99. The molecule has 1 aliphatic heterocycles. The quantitative estimate of drug-likeness (QED) is 0.256. The van der Waals surface area contributed by atoms with E-state index < -0.39 is 11.6 Å². The largest absolute Gasteiger partial charge is 0.488 e. The van der Waals surface area contributed by atoms with Crippen molar-refractivity contribution >= 4 is 23.4 Å². The Labute approximate surface area is 243 Å². The van der Waals surface area contributed by atoms with Crippen molar-refractivity contribution in [2.45, 2.75) is 45.3 Å². The summed E-state index contributed by atoms with van der Waals surface area (Å²) >= 11 is 0. The number of aliphatic carboxylic acids is 1. The molecule has 0 radical (unpaired) electrons. The molecule has 1 saturated heterocycles. The van der Waals surface area contributed by atoms with Crippen molar-refractivity contribution in [1.29, 1.82) is 0 Å². The molecule has 0 aliphatic carbocycles. The van der Waals surface area contributed by atoms with Crippen LogP contribution in [0.2, 0.25) is 0 Å². The fourth-order valence-corrected chi connectivity index (χ4v) is 4.41. The Morgan fingerprint density at radius 3 is 2.69 bits per heavy atom. The highest BCUT2D eigenvalue weighted by atomic mass is 16.5. The maximum Gasteiger partial charge on any atom is 0.347 e. The van der Waals surface area contributed by atoms with Crippen LogP contribution in [0.3, 0.4) is 0 Å². The Balaban J connectivity index is 1.25. The molecule has 218 valence electrons. The van der Waals surface area contributed by atoms with E-state index in [1.54, 1.807) is 55.1 Å². The van der Waals surface area contributed by atoms with Crippen LogP contribution in [0.4, 0.5) is 17.5 Å². The second-order valence-corrected chi connectivity index (χ2v) is 10.2. The van der Waals surface area contributed by atoms with Gasteiger partial charge in [-0.1, -0.05) is 0 Å². The highest BCUT2D eigenvalue weighted by Crippen LogP contribution is 2.28. The number of nitrogens with one attached hydrogen (secondary N) is 1. The molecular formula is C30H33N7O5. The zero-order valence-electron chi connectivity index (χ0n) is 23.7. The number of ether oxygens (including phenoxy) is 3. The maximum atomic E-state index is 11.3. The molecule has 1 aliphatic rings. The number of hydrogen-bond acceptors (Lipinski definition) is 11. The van der Waals surface area contributed by atoms with Gasteiger partial charge in [0.1, 0.15) is 23.5 Å². The van der Waals surface area contributed by atoms with Gasteiger partial charge in [-0.2, -0.15) is 0 Å². The monoisotopic (exact) mass is 571 g/mol. The number of rotatable bonds is 11. The van der Waals surface area contributed by atoms with Gasteiger partial charge >= 0.3 is 5.97 Å². The van der Waals surface area contributed by atoms with Crippen molar-refractivity contribution in [2.24, 2.45) is 0 Å². The normalized spacial score (nSPS) is 15.1. The summed E-state index contributed by atoms with van der Waals surface area (Å²) in [5, 5.41) is 12.5. The summed E-state index contributed by atoms with van der Waals surface area (Å²) in [4.78, 5) is 36.0. The van der Waals surface area contributed by atoms with Crippen LogP contribution in [0.25, 0.3) is 11.4 Å². The Morgan fingerprint density at radius 2 is 1.90 bits per heavy atom. The molecule has 0 unspecified atom stereocenters. The molecule has 42 heavy (non-hydrogen) atoms. The third kappa shape index (κ3) is 7.00. The lowest BCUT2D eigenvalue weighted by atomic mass is 10.1. The van der Waals surface area contributed by atoms with Crippen molar-refractivity contribution in [3.63, 3.8) is 0 Å². The molecule has 0 bridgehead atoms. The predicted octanol–water partition coefficient (Wildman–Crippen LogP) is 4.76. The molecular weight excluding hydrogens is 538 g/mol. The van der Waals surface area contributed by atoms with E-state index in [1.165, 1.54) is 13.8 Å². The van der Waals surface area contributed by atoms with Gasteiger partial charge < -0.3 is 29.5 Å². The van der Waals surface area contributed by atoms with Gasteiger partial charge in [0.05, 0.1) is 25.5 Å². The maximum absolute atomic E-state index is 11.3. The van der Waals surface area contributed by atoms with E-state index in [0.29, 0.717) is 48.0 Å². The lowest BCUT2D eigenvalue weighted by molar-refractivity contribution is -0.152. The number of aromatic nitrogens is 5. The van der Waals surface area contributed by atoms with Gasteiger partial charge in [-0.3, -0.25) is 4.98 Å². The van der Waals surface area contributed by atoms with Crippen molar-refractivity contribution in [1.82, 2.24) is 24.9 Å². The Morgan fingerprint density at radius 1 is 1.07 bits per heavy atom. The highest BCUT2D eigenvalue weighted by Gasteiger charge is 2.29. The molecule has 3 aromatic heterocycles. The zero-order chi connectivity index (χ0) is 29.5. The molecule has 2 N–H and O–H groups in total. The SMILES string of the molecule is CCOc1cccnc1O[C@@H]1CCCN(c2cncc(Nc3ccnc(-c4ccc(OC(C)(C)C(=O)O)cc4)n3)n2)C1. The van der Waals surface area contributed by atoms with E-state index >= 15 is 0 Å². The first-order chi connectivity index (χ1) is 20.3. The number of carboxylic acid groups (broad SMARTS) is 1. The van der Waals surface area contributed by atoms with E-state index in [-0.39, 0.29) is 6.10 Å². The minimum Gasteiger partial charge on any atom is -0.488 e. The van der Waals surface area contributed by atoms with Gasteiger partial charge in [-0.25, -0.2) is 24.7 Å². The van der Waals surface area contributed by atoms with Gasteiger partial charge in [0.2, 0.25) is 0 Å². The first-order valence-electron chi connectivity index (χ1n) is 13.7. The minimum atomic E-state index is -1.34. The highest BCUT2D eigenvalue weighted by molar-refractivity contribution is 5.76. The van der Waals surface area contributed by atoms with E-state index in [2.05, 4.69) is 30.2 Å². The van der Waals surface area contributed by atoms with Crippen molar-refractivity contribution in [2.75, 3.05) is 29.9 Å². The molecule has 12 heteroatoms. The first-order valence-corrected chi connectivity index (χ1v) is 13.7. The Bertz CT molecular complexity index is 1520. The van der Waals surface area contributed by atoms with Crippen LogP contribution in [-0.4, -0.2) is 67.4 Å². The standard InChI is InChI=1S/C30H33N7O5/c1-4-40-23-8-5-14-33-28(23)41-22-7-6-16-37(19-22)26-18-31-17-25(35-26)34-24-13-15-32-27(36-24)20-9-11-21(12-10-20)42-30(2,3)29(38)39/h5,8-15,17-18,22H,4,6-7,16,19H2,1-3H3,(H,38,39)(H,32,34,35,36)/t22-/m1/s1. The fraction of sp³-hybridized carbons (Fsp3) is 0.333. The zero-order valence-corrected chi connectivity index (χ0v) is 23.7. The smallest absolute Gasteiger partial charge is 0.347 e. The third-order valence-corrected chi connectivity index (χ3v) is 6.55. The summed E-state index contributed by atoms with van der Waals surface area (Å²) in [6, 6.07) is 12.4. The molecule has 1 atom stereocenters.